The molecule has 1 saturated heterocycles. The molecular weight excluding hydrogens is 273 g/mol. The minimum absolute atomic E-state index is 0.246. The highest BCUT2D eigenvalue weighted by Crippen LogP contribution is 2.24. The second-order valence-corrected chi connectivity index (χ2v) is 6.06. The summed E-state index contributed by atoms with van der Waals surface area (Å²) in [5, 5.41) is 8.55. The molecule has 1 aliphatic heterocycles. The van der Waals surface area contributed by atoms with E-state index in [9.17, 15) is 4.39 Å². The molecule has 0 spiro atoms. The van der Waals surface area contributed by atoms with Crippen LogP contribution in [-0.4, -0.2) is 34.8 Å². The Kier molecular flexibility index (Phi) is 3.87. The number of hydrogen-bond donors (Lipinski definition) is 0. The highest BCUT2D eigenvalue weighted by atomic mass is 32.2. The highest BCUT2D eigenvalue weighted by molar-refractivity contribution is 7.99. The van der Waals surface area contributed by atoms with Crippen molar-refractivity contribution < 1.29 is 4.39 Å². The van der Waals surface area contributed by atoms with E-state index in [2.05, 4.69) is 15.1 Å². The first-order valence-corrected chi connectivity index (χ1v) is 7.82. The average Bonchev–Trinajstić information content (AvgIpc) is 2.51. The Morgan fingerprint density at radius 2 is 1.90 bits per heavy atom. The molecule has 0 amide bonds. The molecule has 0 unspecified atom stereocenters. The second kappa shape index (κ2) is 5.79. The molecule has 3 rings (SSSR count). The molecule has 1 aromatic heterocycles. The molecule has 20 heavy (non-hydrogen) atoms. The number of anilines is 1. The van der Waals surface area contributed by atoms with Crippen LogP contribution < -0.4 is 4.90 Å². The molecule has 3 nitrogen and oxygen atoms in total. The van der Waals surface area contributed by atoms with E-state index in [1.807, 2.05) is 30.8 Å². The van der Waals surface area contributed by atoms with Crippen molar-refractivity contribution in [1.29, 1.82) is 0 Å². The maximum Gasteiger partial charge on any atom is 0.151 e. The van der Waals surface area contributed by atoms with Gasteiger partial charge >= 0.3 is 0 Å². The van der Waals surface area contributed by atoms with E-state index in [1.54, 1.807) is 6.07 Å². The lowest BCUT2D eigenvalue weighted by atomic mass is 10.1. The largest absolute Gasteiger partial charge is 0.353 e. The molecule has 1 aliphatic rings. The predicted octanol–water partition coefficient (Wildman–Crippen LogP) is 3.14. The predicted molar refractivity (Wildman–Crippen MR) is 81.7 cm³/mol. The monoisotopic (exact) mass is 289 g/mol. The molecule has 5 heteroatoms. The number of aromatic nitrogens is 2. The molecule has 1 aromatic carbocycles. The molecular formula is C15H16FN3S. The van der Waals surface area contributed by atoms with E-state index < -0.39 is 0 Å². The lowest BCUT2D eigenvalue weighted by Crippen LogP contribution is -2.33. The molecule has 0 bridgehead atoms. The van der Waals surface area contributed by atoms with Gasteiger partial charge in [0.05, 0.1) is 5.69 Å². The number of halogens is 1. The molecule has 2 heterocycles. The Bertz CT molecular complexity index is 595. The van der Waals surface area contributed by atoms with E-state index in [-0.39, 0.29) is 5.82 Å². The third-order valence-corrected chi connectivity index (χ3v) is 4.40. The van der Waals surface area contributed by atoms with Gasteiger partial charge in [0.2, 0.25) is 0 Å². The van der Waals surface area contributed by atoms with Crippen LogP contribution in [0.4, 0.5) is 10.2 Å². The summed E-state index contributed by atoms with van der Waals surface area (Å²) in [4.78, 5) is 2.24. The second-order valence-electron chi connectivity index (χ2n) is 4.84. The van der Waals surface area contributed by atoms with Crippen molar-refractivity contribution in [2.75, 3.05) is 29.5 Å². The van der Waals surface area contributed by atoms with E-state index in [0.717, 1.165) is 47.2 Å². The maximum absolute atomic E-state index is 13.3. The summed E-state index contributed by atoms with van der Waals surface area (Å²) in [5.41, 5.74) is 2.53. The number of aryl methyl sites for hydroxylation is 1. The van der Waals surface area contributed by atoms with Crippen molar-refractivity contribution in [2.24, 2.45) is 0 Å². The fourth-order valence-corrected chi connectivity index (χ4v) is 3.20. The van der Waals surface area contributed by atoms with Gasteiger partial charge < -0.3 is 4.90 Å². The van der Waals surface area contributed by atoms with Gasteiger partial charge in [-0.3, -0.25) is 0 Å². The standard InChI is InChI=1S/C15H16FN3S/c1-11-2-3-12(16)10-13(11)14-4-5-15(18-17-14)19-6-8-20-9-7-19/h2-5,10H,6-9H2,1H3. The lowest BCUT2D eigenvalue weighted by molar-refractivity contribution is 0.628. The Balaban J connectivity index is 1.87. The molecule has 104 valence electrons. The topological polar surface area (TPSA) is 29.0 Å². The highest BCUT2D eigenvalue weighted by Gasteiger charge is 2.13. The summed E-state index contributed by atoms with van der Waals surface area (Å²) in [7, 11) is 0. The molecule has 0 saturated carbocycles. The normalized spacial score (nSPS) is 15.4. The minimum Gasteiger partial charge on any atom is -0.353 e. The third-order valence-electron chi connectivity index (χ3n) is 3.46. The quantitative estimate of drug-likeness (QED) is 0.849. The number of thioether (sulfide) groups is 1. The minimum atomic E-state index is -0.246. The summed E-state index contributed by atoms with van der Waals surface area (Å²) < 4.78 is 13.3. The Hall–Kier alpha value is -1.62. The van der Waals surface area contributed by atoms with E-state index in [1.165, 1.54) is 12.1 Å². The fourth-order valence-electron chi connectivity index (χ4n) is 2.30. The number of hydrogen-bond acceptors (Lipinski definition) is 4. The van der Waals surface area contributed by atoms with E-state index in [0.29, 0.717) is 0 Å². The number of nitrogens with zero attached hydrogens (tertiary/aromatic N) is 3. The molecule has 0 atom stereocenters. The Morgan fingerprint density at radius 1 is 1.10 bits per heavy atom. The van der Waals surface area contributed by atoms with Crippen molar-refractivity contribution in [2.45, 2.75) is 6.92 Å². The molecule has 2 aromatic rings. The van der Waals surface area contributed by atoms with Crippen LogP contribution in [0.1, 0.15) is 5.56 Å². The third kappa shape index (κ3) is 2.77. The SMILES string of the molecule is Cc1ccc(F)cc1-c1ccc(N2CCSCC2)nn1. The maximum atomic E-state index is 13.3. The first kappa shape index (κ1) is 13.4. The first-order valence-electron chi connectivity index (χ1n) is 6.67. The van der Waals surface area contributed by atoms with Crippen LogP contribution in [0, 0.1) is 12.7 Å². The van der Waals surface area contributed by atoms with Gasteiger partial charge in [-0.15, -0.1) is 10.2 Å². The number of benzene rings is 1. The van der Waals surface area contributed by atoms with Crippen molar-refractivity contribution in [3.63, 3.8) is 0 Å². The summed E-state index contributed by atoms with van der Waals surface area (Å²) in [6, 6.07) is 8.64. The van der Waals surface area contributed by atoms with Crippen LogP contribution >= 0.6 is 11.8 Å². The first-order chi connectivity index (χ1) is 9.74. The van der Waals surface area contributed by atoms with Gasteiger partial charge in [0.1, 0.15) is 5.82 Å². The van der Waals surface area contributed by atoms with Crippen LogP contribution in [0.2, 0.25) is 0 Å². The zero-order valence-electron chi connectivity index (χ0n) is 11.3. The van der Waals surface area contributed by atoms with Gasteiger partial charge in [-0.1, -0.05) is 6.07 Å². The zero-order chi connectivity index (χ0) is 13.9. The van der Waals surface area contributed by atoms with Gasteiger partial charge in [-0.2, -0.15) is 11.8 Å². The Labute approximate surface area is 122 Å². The van der Waals surface area contributed by atoms with Crippen LogP contribution in [0.3, 0.4) is 0 Å². The van der Waals surface area contributed by atoms with Gasteiger partial charge in [0.25, 0.3) is 0 Å². The van der Waals surface area contributed by atoms with E-state index >= 15 is 0 Å². The molecule has 0 radical (unpaired) electrons. The molecule has 0 aliphatic carbocycles. The van der Waals surface area contributed by atoms with Crippen molar-refractivity contribution >= 4 is 17.6 Å². The van der Waals surface area contributed by atoms with Crippen molar-refractivity contribution in [3.05, 3.63) is 41.7 Å². The summed E-state index contributed by atoms with van der Waals surface area (Å²) >= 11 is 1.97. The smallest absolute Gasteiger partial charge is 0.151 e. The fraction of sp³-hybridized carbons (Fsp3) is 0.333. The van der Waals surface area contributed by atoms with Crippen LogP contribution in [-0.2, 0) is 0 Å². The summed E-state index contributed by atoms with van der Waals surface area (Å²) in [6.45, 7) is 3.97. The van der Waals surface area contributed by atoms with E-state index in [4.69, 9.17) is 0 Å². The summed E-state index contributed by atoms with van der Waals surface area (Å²) in [6.07, 6.45) is 0. The van der Waals surface area contributed by atoms with Gasteiger partial charge in [-0.25, -0.2) is 4.39 Å². The van der Waals surface area contributed by atoms with Crippen LogP contribution in [0.25, 0.3) is 11.3 Å². The zero-order valence-corrected chi connectivity index (χ0v) is 12.2. The van der Waals surface area contributed by atoms with Gasteiger partial charge in [-0.05, 0) is 36.8 Å². The lowest BCUT2D eigenvalue weighted by Gasteiger charge is -2.26. The molecule has 0 N–H and O–H groups in total. The van der Waals surface area contributed by atoms with Gasteiger partial charge in [0.15, 0.2) is 5.82 Å². The Morgan fingerprint density at radius 3 is 2.60 bits per heavy atom. The van der Waals surface area contributed by atoms with Crippen LogP contribution in [0.15, 0.2) is 30.3 Å². The van der Waals surface area contributed by atoms with Crippen LogP contribution in [0.5, 0.6) is 0 Å². The van der Waals surface area contributed by atoms with Crippen molar-refractivity contribution in [1.82, 2.24) is 10.2 Å². The number of rotatable bonds is 2. The molecule has 1 fully saturated rings. The van der Waals surface area contributed by atoms with Crippen molar-refractivity contribution in [3.8, 4) is 11.3 Å². The van der Waals surface area contributed by atoms with Gasteiger partial charge in [0, 0.05) is 30.2 Å². The average molecular weight is 289 g/mol. The summed E-state index contributed by atoms with van der Waals surface area (Å²) in [5.74, 6) is 2.92.